The van der Waals surface area contributed by atoms with Crippen molar-refractivity contribution in [1.29, 1.82) is 0 Å². The third-order valence-electron chi connectivity index (χ3n) is 14.1. The minimum absolute atomic E-state index is 0.0250. The van der Waals surface area contributed by atoms with Gasteiger partial charge in [0, 0.05) is 12.8 Å². The molecule has 0 bridgehead atoms. The molecule has 0 aromatic heterocycles. The fourth-order valence-electron chi connectivity index (χ4n) is 9.31. The predicted octanol–water partition coefficient (Wildman–Crippen LogP) is 19.4. The van der Waals surface area contributed by atoms with Crippen LogP contribution in [0.4, 0.5) is 0 Å². The Labute approximate surface area is 436 Å². The number of amides is 1. The molecule has 0 aromatic carbocycles. The van der Waals surface area contributed by atoms with Crippen molar-refractivity contribution in [2.75, 3.05) is 13.2 Å². The van der Waals surface area contributed by atoms with Crippen molar-refractivity contribution >= 4 is 11.9 Å². The number of hydrogen-bond donors (Lipinski definition) is 3. The van der Waals surface area contributed by atoms with Crippen LogP contribution in [0.3, 0.4) is 0 Å². The van der Waals surface area contributed by atoms with E-state index in [0.29, 0.717) is 19.4 Å². The summed E-state index contributed by atoms with van der Waals surface area (Å²) in [5.41, 5.74) is 0. The van der Waals surface area contributed by atoms with Crippen molar-refractivity contribution in [2.24, 2.45) is 0 Å². The van der Waals surface area contributed by atoms with Gasteiger partial charge in [-0.2, -0.15) is 0 Å². The lowest BCUT2D eigenvalue weighted by molar-refractivity contribution is -0.143. The number of carbonyl (C=O) groups excluding carboxylic acids is 2. The molecule has 0 aliphatic rings. The van der Waals surface area contributed by atoms with E-state index in [1.165, 1.54) is 212 Å². The highest BCUT2D eigenvalue weighted by Crippen LogP contribution is 2.17. The average Bonchev–Trinajstić information content (AvgIpc) is 3.36. The van der Waals surface area contributed by atoms with Gasteiger partial charge in [-0.3, -0.25) is 9.59 Å². The molecule has 410 valence electrons. The SMILES string of the molecule is CCCCCCC/C=C\CCCCCCCC(=O)OCCCCC/C=C\C/C=C\CCCCCCCCCC(=O)NC(CO)C(O)/C=C/CCCCCCCCCCCCCCCCCCCCCC. The highest BCUT2D eigenvalue weighted by atomic mass is 16.5. The van der Waals surface area contributed by atoms with Gasteiger partial charge in [0.2, 0.25) is 5.91 Å². The lowest BCUT2D eigenvalue weighted by atomic mass is 10.0. The van der Waals surface area contributed by atoms with Gasteiger partial charge in [0.1, 0.15) is 0 Å². The number of nitrogens with one attached hydrogen (secondary N) is 1. The molecule has 0 aromatic rings. The van der Waals surface area contributed by atoms with Crippen LogP contribution in [-0.4, -0.2) is 47.4 Å². The number of ether oxygens (including phenoxy) is 1. The molecule has 70 heavy (non-hydrogen) atoms. The van der Waals surface area contributed by atoms with Gasteiger partial charge in [-0.15, -0.1) is 0 Å². The van der Waals surface area contributed by atoms with E-state index in [4.69, 9.17) is 4.74 Å². The predicted molar refractivity (Wildman–Crippen MR) is 306 cm³/mol. The Morgan fingerprint density at radius 1 is 0.400 bits per heavy atom. The normalized spacial score (nSPS) is 12.9. The minimum atomic E-state index is -0.857. The van der Waals surface area contributed by atoms with E-state index in [-0.39, 0.29) is 18.5 Å². The highest BCUT2D eigenvalue weighted by Gasteiger charge is 2.18. The van der Waals surface area contributed by atoms with Gasteiger partial charge in [-0.1, -0.05) is 262 Å². The van der Waals surface area contributed by atoms with Gasteiger partial charge in [0.25, 0.3) is 0 Å². The standard InChI is InChI=1S/C64H119NO5/c1-3-5-7-9-11-13-15-17-19-20-21-22-23-24-26-29-32-36-40-44-48-52-56-62(67)61(60-66)65-63(68)57-53-49-45-41-37-33-30-27-25-28-31-35-39-43-47-51-55-59-70-64(69)58-54-50-46-42-38-34-18-16-14-12-10-8-6-4-2/h16,18,25,28,35,39,52,56,61-62,66-67H,3-15,17,19-24,26-27,29-34,36-38,40-51,53-55,57-60H2,1-2H3,(H,65,68)/b18-16-,28-25-,39-35-,56-52+. The topological polar surface area (TPSA) is 95.9 Å². The zero-order chi connectivity index (χ0) is 50.7. The smallest absolute Gasteiger partial charge is 0.305 e. The van der Waals surface area contributed by atoms with Crippen molar-refractivity contribution in [1.82, 2.24) is 5.32 Å². The second-order valence-corrected chi connectivity index (χ2v) is 21.0. The van der Waals surface area contributed by atoms with Crippen LogP contribution in [0.1, 0.15) is 322 Å². The number of aliphatic hydroxyl groups excluding tert-OH is 2. The molecule has 6 heteroatoms. The summed E-state index contributed by atoms with van der Waals surface area (Å²) >= 11 is 0. The Morgan fingerprint density at radius 2 is 0.714 bits per heavy atom. The number of rotatable bonds is 57. The third-order valence-corrected chi connectivity index (χ3v) is 14.1. The zero-order valence-corrected chi connectivity index (χ0v) is 46.7. The summed E-state index contributed by atoms with van der Waals surface area (Å²) in [6.07, 6.45) is 75.7. The number of carbonyl (C=O) groups is 2. The van der Waals surface area contributed by atoms with Crippen LogP contribution in [0.2, 0.25) is 0 Å². The molecule has 0 radical (unpaired) electrons. The second kappa shape index (κ2) is 59.4. The van der Waals surface area contributed by atoms with Crippen LogP contribution in [0.15, 0.2) is 48.6 Å². The van der Waals surface area contributed by atoms with Gasteiger partial charge in [0.15, 0.2) is 0 Å². The molecule has 0 saturated heterocycles. The van der Waals surface area contributed by atoms with Gasteiger partial charge in [-0.25, -0.2) is 0 Å². The number of aliphatic hydroxyl groups is 2. The summed E-state index contributed by atoms with van der Waals surface area (Å²) in [7, 11) is 0. The van der Waals surface area contributed by atoms with Crippen LogP contribution >= 0.6 is 0 Å². The van der Waals surface area contributed by atoms with E-state index in [1.807, 2.05) is 6.08 Å². The molecule has 1 amide bonds. The van der Waals surface area contributed by atoms with E-state index in [0.717, 1.165) is 83.5 Å². The van der Waals surface area contributed by atoms with Crippen molar-refractivity contribution in [2.45, 2.75) is 334 Å². The Hall–Kier alpha value is -2.18. The maximum Gasteiger partial charge on any atom is 0.305 e. The van der Waals surface area contributed by atoms with Crippen molar-refractivity contribution in [3.05, 3.63) is 48.6 Å². The first-order valence-corrected chi connectivity index (χ1v) is 30.9. The summed E-state index contributed by atoms with van der Waals surface area (Å²) in [6, 6.07) is -0.642. The van der Waals surface area contributed by atoms with Crippen molar-refractivity contribution < 1.29 is 24.5 Å². The fourth-order valence-corrected chi connectivity index (χ4v) is 9.31. The van der Waals surface area contributed by atoms with E-state index in [2.05, 4.69) is 55.6 Å². The number of unbranched alkanes of at least 4 members (excludes halogenated alkanes) is 40. The molecule has 0 spiro atoms. The first kappa shape index (κ1) is 67.8. The lowest BCUT2D eigenvalue weighted by Gasteiger charge is -2.20. The molecule has 2 unspecified atom stereocenters. The molecule has 6 nitrogen and oxygen atoms in total. The van der Waals surface area contributed by atoms with Gasteiger partial charge >= 0.3 is 5.97 Å². The molecule has 0 rings (SSSR count). The van der Waals surface area contributed by atoms with Crippen molar-refractivity contribution in [3.8, 4) is 0 Å². The van der Waals surface area contributed by atoms with E-state index in [1.54, 1.807) is 6.08 Å². The van der Waals surface area contributed by atoms with Crippen LogP contribution in [0, 0.1) is 0 Å². The minimum Gasteiger partial charge on any atom is -0.466 e. The Kier molecular flexibility index (Phi) is 57.5. The van der Waals surface area contributed by atoms with Crippen LogP contribution < -0.4 is 5.32 Å². The van der Waals surface area contributed by atoms with Gasteiger partial charge in [0.05, 0.1) is 25.4 Å². The summed E-state index contributed by atoms with van der Waals surface area (Å²) in [5.74, 6) is -0.107. The summed E-state index contributed by atoms with van der Waals surface area (Å²) in [6.45, 7) is 4.86. The second-order valence-electron chi connectivity index (χ2n) is 21.0. The van der Waals surface area contributed by atoms with Crippen LogP contribution in [0.25, 0.3) is 0 Å². The fraction of sp³-hybridized carbons (Fsp3) is 0.844. The highest BCUT2D eigenvalue weighted by molar-refractivity contribution is 5.76. The monoisotopic (exact) mass is 982 g/mol. The molecular weight excluding hydrogens is 863 g/mol. The lowest BCUT2D eigenvalue weighted by Crippen LogP contribution is -2.45. The summed E-state index contributed by atoms with van der Waals surface area (Å²) in [4.78, 5) is 24.5. The molecule has 3 N–H and O–H groups in total. The van der Waals surface area contributed by atoms with E-state index >= 15 is 0 Å². The summed E-state index contributed by atoms with van der Waals surface area (Å²) in [5, 5.41) is 23.2. The van der Waals surface area contributed by atoms with E-state index in [9.17, 15) is 19.8 Å². The summed E-state index contributed by atoms with van der Waals surface area (Å²) < 4.78 is 5.45. The maximum absolute atomic E-state index is 12.5. The average molecular weight is 983 g/mol. The number of hydrogen-bond acceptors (Lipinski definition) is 5. The molecule has 0 saturated carbocycles. The third kappa shape index (κ3) is 55.1. The van der Waals surface area contributed by atoms with Crippen molar-refractivity contribution in [3.63, 3.8) is 0 Å². The molecule has 0 aliphatic carbocycles. The number of allylic oxidation sites excluding steroid dienone is 7. The molecule has 0 aliphatic heterocycles. The van der Waals surface area contributed by atoms with Gasteiger partial charge in [-0.05, 0) is 96.3 Å². The Bertz CT molecular complexity index is 1180. The Morgan fingerprint density at radius 3 is 1.10 bits per heavy atom. The van der Waals surface area contributed by atoms with E-state index < -0.39 is 12.1 Å². The maximum atomic E-state index is 12.5. The quantitative estimate of drug-likeness (QED) is 0.0321. The Balaban J connectivity index is 3.53. The number of esters is 1. The van der Waals surface area contributed by atoms with Crippen LogP contribution in [-0.2, 0) is 14.3 Å². The van der Waals surface area contributed by atoms with Crippen LogP contribution in [0.5, 0.6) is 0 Å². The first-order valence-electron chi connectivity index (χ1n) is 30.9. The molecule has 2 atom stereocenters. The first-order chi connectivity index (χ1) is 34.5. The van der Waals surface area contributed by atoms with Gasteiger partial charge < -0.3 is 20.3 Å². The zero-order valence-electron chi connectivity index (χ0n) is 46.7. The molecule has 0 heterocycles. The largest absolute Gasteiger partial charge is 0.466 e. The molecule has 0 fully saturated rings. The molecular formula is C64H119NO5.